The summed E-state index contributed by atoms with van der Waals surface area (Å²) < 4.78 is 10.7. The van der Waals surface area contributed by atoms with Crippen molar-refractivity contribution in [3.8, 4) is 0 Å². The fourth-order valence-corrected chi connectivity index (χ4v) is 2.16. The average molecular weight is 333 g/mol. The van der Waals surface area contributed by atoms with E-state index in [1.807, 2.05) is 6.07 Å². The van der Waals surface area contributed by atoms with Crippen molar-refractivity contribution in [1.29, 1.82) is 0 Å². The lowest BCUT2D eigenvalue weighted by Crippen LogP contribution is -2.31. The fraction of sp³-hybridized carbons (Fsp3) is 0.500. The molecule has 1 aromatic carbocycles. The van der Waals surface area contributed by atoms with Gasteiger partial charge in [-0.1, -0.05) is 12.1 Å². The van der Waals surface area contributed by atoms with Gasteiger partial charge in [0.2, 0.25) is 0 Å². The number of methoxy groups -OCH3 is 2. The van der Waals surface area contributed by atoms with E-state index in [0.29, 0.717) is 24.2 Å². The summed E-state index contributed by atoms with van der Waals surface area (Å²) in [6.45, 7) is 1.63. The maximum Gasteiger partial charge on any atom is 0.283 e. The zero-order valence-corrected chi connectivity index (χ0v) is 12.5. The molecular weight excluding hydrogens is 316 g/mol. The van der Waals surface area contributed by atoms with Gasteiger partial charge in [-0.05, 0) is 21.5 Å². The normalized spacial score (nSPS) is 12.4. The Labute approximate surface area is 120 Å². The van der Waals surface area contributed by atoms with Crippen molar-refractivity contribution in [2.75, 3.05) is 27.4 Å². The van der Waals surface area contributed by atoms with Crippen LogP contribution in [0.2, 0.25) is 0 Å². The predicted octanol–water partition coefficient (Wildman–Crippen LogP) is 2.11. The number of nitrogens with one attached hydrogen (secondary N) is 1. The number of nitro benzene ring substituents is 1. The van der Waals surface area contributed by atoms with Gasteiger partial charge < -0.3 is 14.8 Å². The maximum atomic E-state index is 10.8. The standard InChI is InChI=1S/C12H17BrN2O4/c1-18-8-10(19-2)7-14-6-9-4-3-5-11(12(9)13)15(16)17/h3-5,10,14H,6-8H2,1-2H3. The third-order valence-corrected chi connectivity index (χ3v) is 3.54. The summed E-state index contributed by atoms with van der Waals surface area (Å²) in [7, 11) is 3.23. The number of ether oxygens (including phenoxy) is 2. The van der Waals surface area contributed by atoms with Gasteiger partial charge in [-0.3, -0.25) is 10.1 Å². The summed E-state index contributed by atoms with van der Waals surface area (Å²) in [5.74, 6) is 0. The van der Waals surface area contributed by atoms with E-state index < -0.39 is 4.92 Å². The Morgan fingerprint density at radius 2 is 2.21 bits per heavy atom. The van der Waals surface area contributed by atoms with Gasteiger partial charge in [-0.2, -0.15) is 0 Å². The first-order valence-electron chi connectivity index (χ1n) is 5.74. The maximum absolute atomic E-state index is 10.8. The van der Waals surface area contributed by atoms with Crippen LogP contribution in [0.1, 0.15) is 5.56 Å². The molecule has 0 amide bonds. The van der Waals surface area contributed by atoms with Gasteiger partial charge in [-0.25, -0.2) is 0 Å². The summed E-state index contributed by atoms with van der Waals surface area (Å²) in [6, 6.07) is 4.97. The van der Waals surface area contributed by atoms with E-state index in [1.54, 1.807) is 20.3 Å². The summed E-state index contributed by atoms with van der Waals surface area (Å²) in [4.78, 5) is 10.4. The average Bonchev–Trinajstić information content (AvgIpc) is 2.39. The molecule has 1 atom stereocenters. The fourth-order valence-electron chi connectivity index (χ4n) is 1.61. The SMILES string of the molecule is COCC(CNCc1cccc([N+](=O)[O-])c1Br)OC. The first-order valence-corrected chi connectivity index (χ1v) is 6.53. The highest BCUT2D eigenvalue weighted by atomic mass is 79.9. The minimum Gasteiger partial charge on any atom is -0.382 e. The van der Waals surface area contributed by atoms with Gasteiger partial charge >= 0.3 is 0 Å². The van der Waals surface area contributed by atoms with E-state index in [4.69, 9.17) is 9.47 Å². The zero-order valence-electron chi connectivity index (χ0n) is 10.9. The van der Waals surface area contributed by atoms with Crippen molar-refractivity contribution in [2.24, 2.45) is 0 Å². The van der Waals surface area contributed by atoms with Crippen LogP contribution in [0.15, 0.2) is 22.7 Å². The summed E-state index contributed by atoms with van der Waals surface area (Å²) >= 11 is 3.26. The Morgan fingerprint density at radius 1 is 1.47 bits per heavy atom. The molecule has 0 heterocycles. The zero-order chi connectivity index (χ0) is 14.3. The van der Waals surface area contributed by atoms with E-state index >= 15 is 0 Å². The number of nitro groups is 1. The highest BCUT2D eigenvalue weighted by molar-refractivity contribution is 9.10. The van der Waals surface area contributed by atoms with Crippen molar-refractivity contribution in [3.63, 3.8) is 0 Å². The molecule has 106 valence electrons. The number of halogens is 1. The number of rotatable bonds is 8. The predicted molar refractivity (Wildman–Crippen MR) is 75.2 cm³/mol. The third-order valence-electron chi connectivity index (χ3n) is 2.63. The molecule has 1 aromatic rings. The molecule has 0 aliphatic carbocycles. The van der Waals surface area contributed by atoms with Gasteiger partial charge in [0.05, 0.1) is 22.1 Å². The van der Waals surface area contributed by atoms with Crippen molar-refractivity contribution in [3.05, 3.63) is 38.3 Å². The monoisotopic (exact) mass is 332 g/mol. The molecule has 1 N–H and O–H groups in total. The molecule has 6 nitrogen and oxygen atoms in total. The molecule has 0 aromatic heterocycles. The molecular formula is C12H17BrN2O4. The molecule has 0 aliphatic rings. The van der Waals surface area contributed by atoms with E-state index in [-0.39, 0.29) is 11.8 Å². The third kappa shape index (κ3) is 4.87. The van der Waals surface area contributed by atoms with Crippen LogP contribution >= 0.6 is 15.9 Å². The van der Waals surface area contributed by atoms with Crippen molar-refractivity contribution in [1.82, 2.24) is 5.32 Å². The summed E-state index contributed by atoms with van der Waals surface area (Å²) in [5, 5.41) is 14.0. The lowest BCUT2D eigenvalue weighted by atomic mass is 10.2. The Balaban J connectivity index is 2.58. The van der Waals surface area contributed by atoms with Crippen LogP contribution in [-0.2, 0) is 16.0 Å². The van der Waals surface area contributed by atoms with E-state index in [1.165, 1.54) is 6.07 Å². The molecule has 7 heteroatoms. The molecule has 1 rings (SSSR count). The molecule has 0 aliphatic heterocycles. The van der Waals surface area contributed by atoms with Crippen LogP contribution < -0.4 is 5.32 Å². The Morgan fingerprint density at radius 3 is 2.79 bits per heavy atom. The molecule has 1 unspecified atom stereocenters. The van der Waals surface area contributed by atoms with Crippen LogP contribution in [0.4, 0.5) is 5.69 Å². The van der Waals surface area contributed by atoms with Crippen molar-refractivity contribution >= 4 is 21.6 Å². The van der Waals surface area contributed by atoms with E-state index in [9.17, 15) is 10.1 Å². The smallest absolute Gasteiger partial charge is 0.283 e. The van der Waals surface area contributed by atoms with Crippen LogP contribution in [-0.4, -0.2) is 38.4 Å². The molecule has 0 saturated heterocycles. The Hall–Kier alpha value is -1.02. The second kappa shape index (κ2) is 8.21. The summed E-state index contributed by atoms with van der Waals surface area (Å²) in [5.41, 5.74) is 0.904. The van der Waals surface area contributed by atoms with Crippen molar-refractivity contribution in [2.45, 2.75) is 12.6 Å². The van der Waals surface area contributed by atoms with Crippen LogP contribution in [0, 0.1) is 10.1 Å². The molecule has 0 bridgehead atoms. The van der Waals surface area contributed by atoms with Crippen LogP contribution in [0.3, 0.4) is 0 Å². The van der Waals surface area contributed by atoms with Crippen LogP contribution in [0.5, 0.6) is 0 Å². The second-order valence-corrected chi connectivity index (χ2v) is 4.74. The molecule has 0 radical (unpaired) electrons. The topological polar surface area (TPSA) is 73.6 Å². The number of hydrogen-bond donors (Lipinski definition) is 1. The minimum atomic E-state index is -0.406. The highest BCUT2D eigenvalue weighted by Crippen LogP contribution is 2.28. The Bertz CT molecular complexity index is 428. The van der Waals surface area contributed by atoms with Gasteiger partial charge in [0.1, 0.15) is 0 Å². The molecule has 0 spiro atoms. The van der Waals surface area contributed by atoms with E-state index in [0.717, 1.165) is 5.56 Å². The van der Waals surface area contributed by atoms with Gasteiger partial charge in [0, 0.05) is 33.4 Å². The summed E-state index contributed by atoms with van der Waals surface area (Å²) in [6.07, 6.45) is -0.0394. The second-order valence-electron chi connectivity index (χ2n) is 3.95. The number of benzene rings is 1. The lowest BCUT2D eigenvalue weighted by molar-refractivity contribution is -0.385. The first-order chi connectivity index (χ1) is 9.10. The van der Waals surface area contributed by atoms with E-state index in [2.05, 4.69) is 21.2 Å². The number of hydrogen-bond acceptors (Lipinski definition) is 5. The lowest BCUT2D eigenvalue weighted by Gasteiger charge is -2.15. The minimum absolute atomic E-state index is 0.0394. The molecule has 0 saturated carbocycles. The largest absolute Gasteiger partial charge is 0.382 e. The van der Waals surface area contributed by atoms with Gasteiger partial charge in [-0.15, -0.1) is 0 Å². The van der Waals surface area contributed by atoms with Gasteiger partial charge in [0.25, 0.3) is 5.69 Å². The van der Waals surface area contributed by atoms with Crippen molar-refractivity contribution < 1.29 is 14.4 Å². The number of nitrogens with zero attached hydrogens (tertiary/aromatic N) is 1. The highest BCUT2D eigenvalue weighted by Gasteiger charge is 2.14. The molecule has 0 fully saturated rings. The van der Waals surface area contributed by atoms with Crippen LogP contribution in [0.25, 0.3) is 0 Å². The quantitative estimate of drug-likeness (QED) is 0.583. The molecule has 19 heavy (non-hydrogen) atoms. The first kappa shape index (κ1) is 16.0. The Kier molecular flexibility index (Phi) is 6.93. The van der Waals surface area contributed by atoms with Gasteiger partial charge in [0.15, 0.2) is 0 Å².